The molecule has 0 aliphatic carbocycles. The molecular weight excluding hydrogens is 938 g/mol. The summed E-state index contributed by atoms with van der Waals surface area (Å²) in [5.74, 6) is -2.89. The number of halogens is 1. The average Bonchev–Trinajstić information content (AvgIpc) is 3.30. The van der Waals surface area contributed by atoms with Crippen molar-refractivity contribution >= 4 is 40.1 Å². The number of aromatic nitrogens is 1. The number of anilines is 1. The molecule has 71 heavy (non-hydrogen) atoms. The Bertz CT molecular complexity index is 2030. The predicted molar refractivity (Wildman–Crippen MR) is 271 cm³/mol. The third-order valence-electron chi connectivity index (χ3n) is 15.3. The van der Waals surface area contributed by atoms with Gasteiger partial charge in [0.15, 0.2) is 12.6 Å². The number of hydrogen-bond acceptors (Lipinski definition) is 17. The summed E-state index contributed by atoms with van der Waals surface area (Å²) in [5, 5.41) is 55.3. The zero-order chi connectivity index (χ0) is 52.7. The number of amides is 1. The number of benzene rings is 1. The number of likely N-dealkylation sites (N-methyl/N-ethyl adjacent to an activating group) is 2. The molecule has 404 valence electrons. The lowest BCUT2D eigenvalue weighted by Crippen LogP contribution is -2.61. The van der Waals surface area contributed by atoms with Gasteiger partial charge in [0.05, 0.1) is 53.6 Å². The lowest BCUT2D eigenvalue weighted by molar-refractivity contribution is -0.321. The number of pyridine rings is 1. The third kappa shape index (κ3) is 14.5. The minimum atomic E-state index is -1.83. The number of nitrogens with one attached hydrogen (secondary N) is 2. The van der Waals surface area contributed by atoms with Crippen molar-refractivity contribution in [2.24, 2.45) is 17.8 Å². The molecule has 19 heteroatoms. The van der Waals surface area contributed by atoms with Gasteiger partial charge in [0.2, 0.25) is 5.91 Å². The van der Waals surface area contributed by atoms with Gasteiger partial charge in [0.25, 0.3) is 0 Å². The minimum absolute atomic E-state index is 0.0472. The normalized spacial score (nSPS) is 39.4. The predicted octanol–water partition coefficient (Wildman–Crippen LogP) is 4.75. The Morgan fingerprint density at radius 2 is 1.70 bits per heavy atom. The van der Waals surface area contributed by atoms with Gasteiger partial charge in [0.1, 0.15) is 30.0 Å². The number of hydrogen-bond donors (Lipinski definition) is 6. The summed E-state index contributed by atoms with van der Waals surface area (Å²) in [7, 11) is 7.30. The number of nitrogens with zero attached hydrogens (tertiary/aromatic N) is 3. The zero-order valence-corrected chi connectivity index (χ0v) is 45.3. The van der Waals surface area contributed by atoms with E-state index in [-0.39, 0.29) is 56.4 Å². The number of carbonyl (C=O) groups is 2. The summed E-state index contributed by atoms with van der Waals surface area (Å²) in [6.07, 6.45) is -5.81. The first-order valence-corrected chi connectivity index (χ1v) is 25.8. The molecule has 5 rings (SSSR count). The molecule has 4 heterocycles. The Morgan fingerprint density at radius 3 is 2.37 bits per heavy atom. The monoisotopic (exact) mass is 1020 g/mol. The Balaban J connectivity index is 1.43. The van der Waals surface area contributed by atoms with E-state index < -0.39 is 96.0 Å². The summed E-state index contributed by atoms with van der Waals surface area (Å²) in [5.41, 5.74) is -3.00. The first-order chi connectivity index (χ1) is 33.2. The maximum Gasteiger partial charge on any atom is 0.311 e. The van der Waals surface area contributed by atoms with Crippen molar-refractivity contribution in [3.05, 3.63) is 35.5 Å². The third-order valence-corrected chi connectivity index (χ3v) is 15.5. The number of cyclic esters (lactones) is 1. The lowest BCUT2D eigenvalue weighted by Gasteiger charge is -2.49. The van der Waals surface area contributed by atoms with Crippen molar-refractivity contribution in [3.63, 3.8) is 0 Å². The molecular formula is C52H86ClN5O13. The topological polar surface area (TPSA) is 223 Å². The number of carbonyl (C=O) groups excluding carboxylic acids is 2. The van der Waals surface area contributed by atoms with Crippen LogP contribution in [0.1, 0.15) is 101 Å². The molecule has 3 aliphatic rings. The second-order valence-corrected chi connectivity index (χ2v) is 22.0. The van der Waals surface area contributed by atoms with Crippen LogP contribution in [0.2, 0.25) is 5.02 Å². The van der Waals surface area contributed by atoms with Gasteiger partial charge in [-0.3, -0.25) is 14.6 Å². The molecule has 18 atom stereocenters. The van der Waals surface area contributed by atoms with Crippen molar-refractivity contribution in [1.29, 1.82) is 0 Å². The van der Waals surface area contributed by atoms with Gasteiger partial charge in [-0.2, -0.15) is 0 Å². The molecule has 6 N–H and O–H groups in total. The summed E-state index contributed by atoms with van der Waals surface area (Å²) in [6, 6.07) is 6.49. The highest BCUT2D eigenvalue weighted by molar-refractivity contribution is 6.31. The van der Waals surface area contributed by atoms with Crippen LogP contribution in [0.15, 0.2) is 30.5 Å². The molecule has 0 saturated carbocycles. The Labute approximate surface area is 426 Å². The van der Waals surface area contributed by atoms with Crippen LogP contribution in [0.3, 0.4) is 0 Å². The van der Waals surface area contributed by atoms with Crippen molar-refractivity contribution in [3.8, 4) is 0 Å². The van der Waals surface area contributed by atoms with Crippen molar-refractivity contribution in [1.82, 2.24) is 20.1 Å². The van der Waals surface area contributed by atoms with Gasteiger partial charge in [-0.15, -0.1) is 0 Å². The Kier molecular flexibility index (Phi) is 20.9. The molecule has 0 bridgehead atoms. The second kappa shape index (κ2) is 25.1. The first kappa shape index (κ1) is 59.1. The summed E-state index contributed by atoms with van der Waals surface area (Å²) < 4.78 is 45.6. The maximum atomic E-state index is 14.6. The van der Waals surface area contributed by atoms with Crippen LogP contribution in [0.4, 0.5) is 5.69 Å². The number of fused-ring (bicyclic) bond motifs is 1. The van der Waals surface area contributed by atoms with Gasteiger partial charge in [-0.25, -0.2) is 0 Å². The SMILES string of the molecule is CC[C@H]1OC(=O)[C@H](C)[C@@H](O[C@H]2C[C@@](C)(OC)[C@@H](O)[C@H](C)O2)[C@H](C)[C@@H](O[C@@H]2O[C@H](C)C[C@H](N(C)C)[C@H]2OCCCNC(=O)CNc2ccnc3cc(Cl)ccc23)[C@](C)(O)C[C@@H](C)CN(C)[C@H](C)[C@@H](O)[C@]1(C)O. The average molecular weight is 1020 g/mol. The van der Waals surface area contributed by atoms with Crippen LogP contribution in [0, 0.1) is 17.8 Å². The molecule has 3 saturated heterocycles. The summed E-state index contributed by atoms with van der Waals surface area (Å²) in [4.78, 5) is 35.9. The number of esters is 1. The van der Waals surface area contributed by atoms with Crippen molar-refractivity contribution in [2.75, 3.05) is 59.8 Å². The van der Waals surface area contributed by atoms with E-state index in [1.165, 1.54) is 14.0 Å². The molecule has 2 aromatic rings. The minimum Gasteiger partial charge on any atom is -0.459 e. The quantitative estimate of drug-likeness (QED) is 0.105. The van der Waals surface area contributed by atoms with Gasteiger partial charge < -0.3 is 74.0 Å². The van der Waals surface area contributed by atoms with E-state index in [1.54, 1.807) is 52.9 Å². The molecule has 3 aliphatic heterocycles. The van der Waals surface area contributed by atoms with Crippen molar-refractivity contribution < 1.29 is 63.2 Å². The first-order valence-electron chi connectivity index (χ1n) is 25.5. The summed E-state index contributed by atoms with van der Waals surface area (Å²) in [6.45, 7) is 18.8. The van der Waals surface area contributed by atoms with Crippen LogP contribution in [-0.2, 0) is 42.7 Å². The van der Waals surface area contributed by atoms with E-state index in [0.29, 0.717) is 31.0 Å². The molecule has 0 unspecified atom stereocenters. The van der Waals surface area contributed by atoms with E-state index in [2.05, 4.69) is 20.5 Å². The van der Waals surface area contributed by atoms with Gasteiger partial charge in [0, 0.05) is 73.5 Å². The lowest BCUT2D eigenvalue weighted by atomic mass is 9.77. The van der Waals surface area contributed by atoms with E-state index in [4.69, 9.17) is 44.8 Å². The van der Waals surface area contributed by atoms with Crippen molar-refractivity contribution in [2.45, 2.75) is 192 Å². The largest absolute Gasteiger partial charge is 0.459 e. The molecule has 18 nitrogen and oxygen atoms in total. The highest BCUT2D eigenvalue weighted by atomic mass is 35.5. The number of aliphatic hydroxyl groups is 4. The number of methoxy groups -OCH3 is 1. The molecule has 1 amide bonds. The highest BCUT2D eigenvalue weighted by Gasteiger charge is 2.53. The second-order valence-electron chi connectivity index (χ2n) is 21.6. The fraction of sp³-hybridized carbons (Fsp3) is 0.788. The Morgan fingerprint density at radius 1 is 1.00 bits per heavy atom. The standard InChI is InChI=1S/C52H86ClN5O13/c1-15-40-52(10,64)45(60)33(6)58(13)28-29(2)25-50(8,63)47(31(4)43(32(5)48(62)69-40)70-42-26-51(9,65-14)46(61)34(7)68-42)71-49-44(39(57(11)12)23-30(3)67-49)66-22-16-20-55-41(59)27-56-37-19-21-54-38-24-35(53)17-18-36(37)38/h17-19,21,24,29-34,39-40,42-47,49,60-61,63-64H,15-16,20,22-23,25-28H2,1-14H3,(H,54,56)(H,55,59)/t29-,30-,31+,32-,33-,34+,39+,40-,42+,43+,44-,45-,46+,47-,49+,50-,51-,52-/m1/s1. The zero-order valence-electron chi connectivity index (χ0n) is 44.6. The summed E-state index contributed by atoms with van der Waals surface area (Å²) >= 11 is 6.16. The van der Waals surface area contributed by atoms with E-state index in [1.807, 2.05) is 65.9 Å². The fourth-order valence-corrected chi connectivity index (χ4v) is 11.1. The molecule has 1 aromatic carbocycles. The number of aliphatic hydroxyl groups excluding tert-OH is 2. The number of ether oxygens (including phenoxy) is 7. The van der Waals surface area contributed by atoms with E-state index >= 15 is 0 Å². The van der Waals surface area contributed by atoms with Crippen LogP contribution < -0.4 is 10.6 Å². The molecule has 0 radical (unpaired) electrons. The molecule has 1 aromatic heterocycles. The van der Waals surface area contributed by atoms with Gasteiger partial charge in [-0.1, -0.05) is 32.4 Å². The van der Waals surface area contributed by atoms with Gasteiger partial charge in [-0.05, 0) is 125 Å². The van der Waals surface area contributed by atoms with Gasteiger partial charge >= 0.3 is 5.97 Å². The number of rotatable bonds is 15. The highest BCUT2D eigenvalue weighted by Crippen LogP contribution is 2.41. The Hall–Kier alpha value is -2.82. The van der Waals surface area contributed by atoms with Crippen LogP contribution in [0.25, 0.3) is 10.9 Å². The van der Waals surface area contributed by atoms with Crippen LogP contribution in [-0.4, -0.2) is 192 Å². The molecule has 3 fully saturated rings. The maximum absolute atomic E-state index is 14.6. The smallest absolute Gasteiger partial charge is 0.311 e. The fourth-order valence-electron chi connectivity index (χ4n) is 10.9. The van der Waals surface area contributed by atoms with E-state index in [0.717, 1.165) is 16.6 Å². The van der Waals surface area contributed by atoms with Crippen LogP contribution in [0.5, 0.6) is 0 Å². The molecule has 0 spiro atoms. The van der Waals surface area contributed by atoms with E-state index in [9.17, 15) is 30.0 Å². The van der Waals surface area contributed by atoms with Crippen LogP contribution >= 0.6 is 11.6 Å².